The van der Waals surface area contributed by atoms with Crippen molar-refractivity contribution in [3.8, 4) is 0 Å². The van der Waals surface area contributed by atoms with Crippen molar-refractivity contribution in [1.82, 2.24) is 10.6 Å². The first-order chi connectivity index (χ1) is 13.4. The van der Waals surface area contributed by atoms with Crippen LogP contribution in [0.2, 0.25) is 0 Å². The molecule has 2 aliphatic rings. The van der Waals surface area contributed by atoms with Crippen molar-refractivity contribution in [2.24, 2.45) is 0 Å². The molecular weight excluding hydrogens is 360 g/mol. The summed E-state index contributed by atoms with van der Waals surface area (Å²) in [4.78, 5) is 45.4. The Labute approximate surface area is 158 Å². The second-order valence-corrected chi connectivity index (χ2v) is 6.27. The Bertz CT molecular complexity index is 1220. The van der Waals surface area contributed by atoms with Gasteiger partial charge in [-0.2, -0.15) is 0 Å². The third-order valence-corrected chi connectivity index (χ3v) is 4.57. The number of nitrogens with two attached hydrogens (primary N) is 2. The molecule has 3 aromatic carbocycles. The predicted octanol–water partition coefficient (Wildman–Crippen LogP) is 1.46. The molecule has 0 aliphatic carbocycles. The maximum absolute atomic E-state index is 11.7. The summed E-state index contributed by atoms with van der Waals surface area (Å²) in [7, 11) is 0. The Morgan fingerprint density at radius 1 is 0.571 bits per heavy atom. The molecule has 0 atom stereocenters. The van der Waals surface area contributed by atoms with E-state index in [-0.39, 0.29) is 11.8 Å². The highest BCUT2D eigenvalue weighted by molar-refractivity contribution is 6.27. The zero-order valence-electron chi connectivity index (χ0n) is 14.4. The molecule has 0 saturated heterocycles. The van der Waals surface area contributed by atoms with E-state index in [1.165, 1.54) is 0 Å². The van der Waals surface area contributed by atoms with E-state index in [1.807, 2.05) is 12.1 Å². The standard InChI is InChI=1S/C12H8N2O2.C8H6N2O2/c13-8-5-4-6-2-1-3-7-9(6)10(8)12(16)14-11(7)15;9-5-3-1-2-4-6(5)8(12)10-7(4)11/h1-5H,13H2,(H,14,15,16);1-3H,9H2,(H,10,11,12). The van der Waals surface area contributed by atoms with Gasteiger partial charge in [0.15, 0.2) is 0 Å². The summed E-state index contributed by atoms with van der Waals surface area (Å²) < 4.78 is 0. The number of benzene rings is 3. The highest BCUT2D eigenvalue weighted by atomic mass is 16.2. The van der Waals surface area contributed by atoms with Crippen molar-refractivity contribution in [2.45, 2.75) is 0 Å². The van der Waals surface area contributed by atoms with Crippen LogP contribution in [0.1, 0.15) is 41.4 Å². The summed E-state index contributed by atoms with van der Waals surface area (Å²) in [6.07, 6.45) is 0. The number of carbonyl (C=O) groups excluding carboxylic acids is 4. The molecule has 138 valence electrons. The van der Waals surface area contributed by atoms with Gasteiger partial charge in [0.05, 0.1) is 16.7 Å². The molecule has 0 saturated carbocycles. The molecular formula is C20H14N4O4. The number of nitrogens with one attached hydrogen (secondary N) is 2. The van der Waals surface area contributed by atoms with Crippen molar-refractivity contribution >= 4 is 45.8 Å². The van der Waals surface area contributed by atoms with E-state index in [2.05, 4.69) is 10.6 Å². The smallest absolute Gasteiger partial charge is 0.261 e. The van der Waals surface area contributed by atoms with Crippen LogP contribution in [0.25, 0.3) is 10.8 Å². The second-order valence-electron chi connectivity index (χ2n) is 6.27. The van der Waals surface area contributed by atoms with Crippen molar-refractivity contribution in [3.05, 3.63) is 70.8 Å². The van der Waals surface area contributed by atoms with Crippen LogP contribution in [0, 0.1) is 0 Å². The molecule has 2 heterocycles. The van der Waals surface area contributed by atoms with E-state index in [0.717, 1.165) is 5.39 Å². The first-order valence-corrected chi connectivity index (χ1v) is 8.29. The fourth-order valence-electron chi connectivity index (χ4n) is 3.31. The third kappa shape index (κ3) is 2.55. The largest absolute Gasteiger partial charge is 0.398 e. The fraction of sp³-hybridized carbons (Fsp3) is 0. The van der Waals surface area contributed by atoms with Gasteiger partial charge in [-0.3, -0.25) is 29.8 Å². The highest BCUT2D eigenvalue weighted by Crippen LogP contribution is 2.30. The van der Waals surface area contributed by atoms with Gasteiger partial charge in [-0.25, -0.2) is 0 Å². The lowest BCUT2D eigenvalue weighted by Gasteiger charge is -2.17. The van der Waals surface area contributed by atoms with Gasteiger partial charge in [0, 0.05) is 22.3 Å². The minimum Gasteiger partial charge on any atom is -0.398 e. The molecule has 2 aliphatic heterocycles. The average Bonchev–Trinajstić information content (AvgIpc) is 2.96. The summed E-state index contributed by atoms with van der Waals surface area (Å²) in [6, 6.07) is 13.6. The number of hydrogen-bond acceptors (Lipinski definition) is 6. The lowest BCUT2D eigenvalue weighted by atomic mass is 9.94. The van der Waals surface area contributed by atoms with Crippen molar-refractivity contribution in [3.63, 3.8) is 0 Å². The molecule has 0 fully saturated rings. The molecule has 0 bridgehead atoms. The van der Waals surface area contributed by atoms with Gasteiger partial charge >= 0.3 is 0 Å². The molecule has 28 heavy (non-hydrogen) atoms. The van der Waals surface area contributed by atoms with Crippen LogP contribution in [-0.4, -0.2) is 23.6 Å². The molecule has 4 amide bonds. The summed E-state index contributed by atoms with van der Waals surface area (Å²) in [5, 5.41) is 5.94. The molecule has 6 N–H and O–H groups in total. The van der Waals surface area contributed by atoms with Crippen LogP contribution in [0.3, 0.4) is 0 Å². The Balaban J connectivity index is 0.000000143. The van der Waals surface area contributed by atoms with Gasteiger partial charge in [-0.15, -0.1) is 0 Å². The molecule has 0 unspecified atom stereocenters. The number of fused-ring (bicyclic) bond motifs is 1. The molecule has 5 rings (SSSR count). The van der Waals surface area contributed by atoms with Crippen molar-refractivity contribution in [2.75, 3.05) is 11.5 Å². The Morgan fingerprint density at radius 2 is 1.14 bits per heavy atom. The molecule has 0 spiro atoms. The van der Waals surface area contributed by atoms with Gasteiger partial charge in [0.1, 0.15) is 0 Å². The number of anilines is 2. The minimum atomic E-state index is -0.424. The van der Waals surface area contributed by atoms with E-state index in [4.69, 9.17) is 11.5 Å². The molecule has 3 aromatic rings. The monoisotopic (exact) mass is 374 g/mol. The van der Waals surface area contributed by atoms with Crippen LogP contribution in [0.4, 0.5) is 11.4 Å². The fourth-order valence-corrected chi connectivity index (χ4v) is 3.31. The number of rotatable bonds is 0. The van der Waals surface area contributed by atoms with Gasteiger partial charge in [0.25, 0.3) is 23.6 Å². The zero-order valence-corrected chi connectivity index (χ0v) is 14.4. The second kappa shape index (κ2) is 6.20. The van der Waals surface area contributed by atoms with Crippen LogP contribution in [0.5, 0.6) is 0 Å². The first kappa shape index (κ1) is 17.2. The number of carbonyl (C=O) groups is 4. The molecule has 8 nitrogen and oxygen atoms in total. The van der Waals surface area contributed by atoms with Gasteiger partial charge in [0.2, 0.25) is 0 Å². The van der Waals surface area contributed by atoms with Crippen LogP contribution in [0.15, 0.2) is 48.5 Å². The van der Waals surface area contributed by atoms with E-state index in [0.29, 0.717) is 39.0 Å². The summed E-state index contributed by atoms with van der Waals surface area (Å²) in [5.74, 6) is -1.57. The lowest BCUT2D eigenvalue weighted by Crippen LogP contribution is -2.35. The topological polar surface area (TPSA) is 144 Å². The predicted molar refractivity (Wildman–Crippen MR) is 103 cm³/mol. The zero-order chi connectivity index (χ0) is 20.0. The number of amides is 4. The number of hydrogen-bond donors (Lipinski definition) is 4. The van der Waals surface area contributed by atoms with Crippen molar-refractivity contribution in [1.29, 1.82) is 0 Å². The average molecular weight is 374 g/mol. The van der Waals surface area contributed by atoms with Gasteiger partial charge in [-0.1, -0.05) is 24.3 Å². The summed E-state index contributed by atoms with van der Waals surface area (Å²) >= 11 is 0. The Hall–Kier alpha value is -4.20. The van der Waals surface area contributed by atoms with E-state index >= 15 is 0 Å². The Morgan fingerprint density at radius 3 is 1.86 bits per heavy atom. The first-order valence-electron chi connectivity index (χ1n) is 8.29. The van der Waals surface area contributed by atoms with Gasteiger partial charge in [-0.05, 0) is 29.7 Å². The maximum Gasteiger partial charge on any atom is 0.261 e. The number of nitrogen functional groups attached to an aromatic ring is 2. The normalized spacial score (nSPS) is 14.1. The minimum absolute atomic E-state index is 0.294. The maximum atomic E-state index is 11.7. The Kier molecular flexibility index (Phi) is 3.82. The van der Waals surface area contributed by atoms with Gasteiger partial charge < -0.3 is 11.5 Å². The third-order valence-electron chi connectivity index (χ3n) is 4.57. The number of imide groups is 2. The molecule has 0 aromatic heterocycles. The van der Waals surface area contributed by atoms with E-state index in [9.17, 15) is 19.2 Å². The van der Waals surface area contributed by atoms with Crippen LogP contribution >= 0.6 is 0 Å². The molecule has 0 radical (unpaired) electrons. The van der Waals surface area contributed by atoms with Crippen LogP contribution in [-0.2, 0) is 0 Å². The van der Waals surface area contributed by atoms with Crippen molar-refractivity contribution < 1.29 is 19.2 Å². The quantitative estimate of drug-likeness (QED) is 0.346. The lowest BCUT2D eigenvalue weighted by molar-refractivity contribution is 0.0839. The SMILES string of the molecule is Nc1ccc2cccc3c2c1C(=O)NC3=O.Nc1cccc2c1C(=O)NC2=O. The highest BCUT2D eigenvalue weighted by Gasteiger charge is 2.28. The van der Waals surface area contributed by atoms with E-state index < -0.39 is 11.8 Å². The van der Waals surface area contributed by atoms with E-state index in [1.54, 1.807) is 36.4 Å². The van der Waals surface area contributed by atoms with Crippen LogP contribution < -0.4 is 22.1 Å². The summed E-state index contributed by atoms with van der Waals surface area (Å²) in [6.45, 7) is 0. The molecule has 8 heteroatoms. The summed E-state index contributed by atoms with van der Waals surface area (Å²) in [5.41, 5.74) is 13.6.